The van der Waals surface area contributed by atoms with Gasteiger partial charge in [0.15, 0.2) is 0 Å². The summed E-state index contributed by atoms with van der Waals surface area (Å²) in [7, 11) is 0. The van der Waals surface area contributed by atoms with Crippen molar-refractivity contribution < 1.29 is 4.79 Å². The van der Waals surface area contributed by atoms with Crippen molar-refractivity contribution in [1.29, 1.82) is 0 Å². The van der Waals surface area contributed by atoms with Crippen molar-refractivity contribution in [3.8, 4) is 0 Å². The predicted octanol–water partition coefficient (Wildman–Crippen LogP) is 4.74. The summed E-state index contributed by atoms with van der Waals surface area (Å²) in [5.74, 6) is 0.152. The molecule has 0 saturated carbocycles. The highest BCUT2D eigenvalue weighted by atomic mass is 16.2. The lowest BCUT2D eigenvalue weighted by molar-refractivity contribution is -0.126. The van der Waals surface area contributed by atoms with Crippen LogP contribution in [0.3, 0.4) is 0 Å². The van der Waals surface area contributed by atoms with Crippen LogP contribution in [-0.2, 0) is 4.79 Å². The zero-order valence-electron chi connectivity index (χ0n) is 14.3. The normalized spacial score (nSPS) is 12.7. The lowest BCUT2D eigenvalue weighted by Crippen LogP contribution is -2.31. The number of carbonyl (C=O) groups is 1. The van der Waals surface area contributed by atoms with E-state index < -0.39 is 0 Å². The minimum atomic E-state index is 0.0662. The van der Waals surface area contributed by atoms with Crippen LogP contribution < -0.4 is 0 Å². The molecule has 0 aliphatic rings. The second kappa shape index (κ2) is 8.78. The minimum Gasteiger partial charge on any atom is -0.340 e. The highest BCUT2D eigenvalue weighted by molar-refractivity contribution is 5.92. The van der Waals surface area contributed by atoms with Gasteiger partial charge in [-0.3, -0.25) is 4.79 Å². The Labute approximate surface area is 125 Å². The van der Waals surface area contributed by atoms with Gasteiger partial charge >= 0.3 is 0 Å². The number of hydrogen-bond acceptors (Lipinski definition) is 1. The van der Waals surface area contributed by atoms with Crippen LogP contribution >= 0.6 is 0 Å². The van der Waals surface area contributed by atoms with Gasteiger partial charge in [0, 0.05) is 18.7 Å². The molecule has 0 bridgehead atoms. The molecule has 0 rings (SSSR count). The summed E-state index contributed by atoms with van der Waals surface area (Å²) in [6.45, 7) is 16.0. The van der Waals surface area contributed by atoms with Gasteiger partial charge in [0.2, 0.25) is 5.91 Å². The zero-order chi connectivity index (χ0) is 15.8. The summed E-state index contributed by atoms with van der Waals surface area (Å²) in [6, 6.07) is 0. The molecule has 0 aromatic rings. The quantitative estimate of drug-likeness (QED) is 0.486. The maximum atomic E-state index is 12.2. The van der Waals surface area contributed by atoms with Crippen LogP contribution in [0.15, 0.2) is 35.5 Å². The number of hydrogen-bond donors (Lipinski definition) is 0. The second-order valence-electron chi connectivity index (χ2n) is 6.16. The monoisotopic (exact) mass is 277 g/mol. The Morgan fingerprint density at radius 3 is 2.10 bits per heavy atom. The van der Waals surface area contributed by atoms with Crippen LogP contribution in [0.5, 0.6) is 0 Å². The molecule has 0 aliphatic carbocycles. The molecule has 0 radical (unpaired) electrons. The molecule has 0 N–H and O–H groups in total. The van der Waals surface area contributed by atoms with E-state index in [-0.39, 0.29) is 11.3 Å². The Balaban J connectivity index is 4.71. The second-order valence-corrected chi connectivity index (χ2v) is 6.16. The Morgan fingerprint density at radius 2 is 1.65 bits per heavy atom. The van der Waals surface area contributed by atoms with Crippen molar-refractivity contribution in [2.45, 2.75) is 54.9 Å². The average Bonchev–Trinajstić information content (AvgIpc) is 2.36. The molecule has 0 aliphatic heterocycles. The van der Waals surface area contributed by atoms with Crippen LogP contribution in [0, 0.1) is 5.41 Å². The molecule has 1 amide bonds. The minimum absolute atomic E-state index is 0.0662. The van der Waals surface area contributed by atoms with E-state index in [0.29, 0.717) is 0 Å². The Morgan fingerprint density at radius 1 is 1.10 bits per heavy atom. The molecule has 0 heterocycles. The maximum absolute atomic E-state index is 12.2. The Hall–Kier alpha value is -1.31. The molecule has 0 atom stereocenters. The van der Waals surface area contributed by atoms with E-state index in [9.17, 15) is 4.79 Å². The van der Waals surface area contributed by atoms with E-state index in [1.54, 1.807) is 0 Å². The molecule has 2 nitrogen and oxygen atoms in total. The summed E-state index contributed by atoms with van der Waals surface area (Å²) in [4.78, 5) is 14.0. The molecular formula is C18H31NO. The molecule has 0 unspecified atom stereocenters. The van der Waals surface area contributed by atoms with Crippen molar-refractivity contribution in [2.75, 3.05) is 13.1 Å². The number of likely N-dealkylation sites (N-methyl/N-ethyl adjacent to an activating group) is 1. The van der Waals surface area contributed by atoms with E-state index >= 15 is 0 Å². The van der Waals surface area contributed by atoms with E-state index in [1.165, 1.54) is 5.57 Å². The van der Waals surface area contributed by atoms with Crippen molar-refractivity contribution >= 4 is 5.91 Å². The third kappa shape index (κ3) is 7.32. The fourth-order valence-corrected chi connectivity index (χ4v) is 1.83. The zero-order valence-corrected chi connectivity index (χ0v) is 14.3. The summed E-state index contributed by atoms with van der Waals surface area (Å²) in [6.07, 6.45) is 9.35. The topological polar surface area (TPSA) is 20.3 Å². The van der Waals surface area contributed by atoms with Gasteiger partial charge in [-0.25, -0.2) is 0 Å². The standard InChI is InChI=1S/C18H31NO/c1-8-19(9-2)17(20)16(5)12-14-18(6,7)13-10-11-15(3)4/h10-13H,8-9,14H2,1-7H3/b13-10+,16-12-. The highest BCUT2D eigenvalue weighted by Crippen LogP contribution is 2.24. The first kappa shape index (κ1) is 18.7. The molecule has 20 heavy (non-hydrogen) atoms. The largest absolute Gasteiger partial charge is 0.340 e. The van der Waals surface area contributed by atoms with Crippen molar-refractivity contribution in [3.63, 3.8) is 0 Å². The molecule has 2 heteroatoms. The first-order valence-corrected chi connectivity index (χ1v) is 7.52. The van der Waals surface area contributed by atoms with Gasteiger partial charge in [0.1, 0.15) is 0 Å². The molecule has 0 saturated heterocycles. The van der Waals surface area contributed by atoms with Gasteiger partial charge in [-0.05, 0) is 46.5 Å². The number of rotatable bonds is 7. The van der Waals surface area contributed by atoms with Crippen LogP contribution in [0.1, 0.15) is 54.9 Å². The number of carbonyl (C=O) groups excluding carboxylic acids is 1. The van der Waals surface area contributed by atoms with Gasteiger partial charge in [-0.2, -0.15) is 0 Å². The summed E-state index contributed by atoms with van der Waals surface area (Å²) in [5, 5.41) is 0. The summed E-state index contributed by atoms with van der Waals surface area (Å²) < 4.78 is 0. The van der Waals surface area contributed by atoms with Crippen molar-refractivity contribution in [2.24, 2.45) is 5.41 Å². The van der Waals surface area contributed by atoms with Crippen LogP contribution in [-0.4, -0.2) is 23.9 Å². The lowest BCUT2D eigenvalue weighted by atomic mass is 9.88. The third-order valence-corrected chi connectivity index (χ3v) is 3.30. The molecule has 114 valence electrons. The summed E-state index contributed by atoms with van der Waals surface area (Å²) in [5.41, 5.74) is 2.20. The van der Waals surface area contributed by atoms with Gasteiger partial charge in [0.25, 0.3) is 0 Å². The SMILES string of the molecule is CCN(CC)C(=O)/C(C)=C\CC(C)(C)/C=C/C=C(C)C. The van der Waals surface area contributed by atoms with Crippen LogP contribution in [0.25, 0.3) is 0 Å². The van der Waals surface area contributed by atoms with E-state index in [4.69, 9.17) is 0 Å². The van der Waals surface area contributed by atoms with Crippen LogP contribution in [0.4, 0.5) is 0 Å². The molecule has 0 fully saturated rings. The number of nitrogens with zero attached hydrogens (tertiary/aromatic N) is 1. The number of allylic oxidation sites excluding steroid dienone is 5. The fraction of sp³-hybridized carbons (Fsp3) is 0.611. The average molecular weight is 277 g/mol. The van der Waals surface area contributed by atoms with Crippen molar-refractivity contribution in [1.82, 2.24) is 4.90 Å². The first-order chi connectivity index (χ1) is 9.23. The highest BCUT2D eigenvalue weighted by Gasteiger charge is 2.15. The Bertz CT molecular complexity index is 392. The smallest absolute Gasteiger partial charge is 0.249 e. The third-order valence-electron chi connectivity index (χ3n) is 3.30. The fourth-order valence-electron chi connectivity index (χ4n) is 1.83. The summed E-state index contributed by atoms with van der Waals surface area (Å²) >= 11 is 0. The molecule has 0 aromatic carbocycles. The van der Waals surface area contributed by atoms with Gasteiger partial charge in [-0.1, -0.05) is 43.7 Å². The maximum Gasteiger partial charge on any atom is 0.249 e. The molecule has 0 aromatic heterocycles. The molecular weight excluding hydrogens is 246 g/mol. The first-order valence-electron chi connectivity index (χ1n) is 7.52. The van der Waals surface area contributed by atoms with Crippen molar-refractivity contribution in [3.05, 3.63) is 35.5 Å². The molecule has 0 spiro atoms. The number of amides is 1. The van der Waals surface area contributed by atoms with E-state index in [1.807, 2.05) is 25.7 Å². The van der Waals surface area contributed by atoms with Gasteiger partial charge in [-0.15, -0.1) is 0 Å². The predicted molar refractivity (Wildman–Crippen MR) is 88.7 cm³/mol. The van der Waals surface area contributed by atoms with Gasteiger partial charge < -0.3 is 4.90 Å². The van der Waals surface area contributed by atoms with E-state index in [2.05, 4.69) is 52.0 Å². The van der Waals surface area contributed by atoms with E-state index in [0.717, 1.165) is 25.1 Å². The Kier molecular flexibility index (Phi) is 8.21. The van der Waals surface area contributed by atoms with Gasteiger partial charge in [0.05, 0.1) is 0 Å². The lowest BCUT2D eigenvalue weighted by Gasteiger charge is -2.21. The van der Waals surface area contributed by atoms with Crippen LogP contribution in [0.2, 0.25) is 0 Å².